The van der Waals surface area contributed by atoms with Gasteiger partial charge in [0, 0.05) is 83.7 Å². The van der Waals surface area contributed by atoms with E-state index in [4.69, 9.17) is 19.9 Å². The van der Waals surface area contributed by atoms with Crippen molar-refractivity contribution in [3.05, 3.63) is 339 Å². The molecule has 0 spiro atoms. The first-order chi connectivity index (χ1) is 47.9. The predicted molar refractivity (Wildman–Crippen MR) is 402 cm³/mol. The van der Waals surface area contributed by atoms with E-state index < -0.39 is 0 Å². The number of rotatable bonds is 10. The summed E-state index contributed by atoms with van der Waals surface area (Å²) in [6.07, 6.45) is 0. The zero-order chi connectivity index (χ0) is 64.3. The lowest BCUT2D eigenvalue weighted by Gasteiger charge is -2.44. The normalized spacial score (nSPS) is 13.1. The van der Waals surface area contributed by atoms with Crippen LogP contribution in [0.4, 0.5) is 34.1 Å². The van der Waals surface area contributed by atoms with Crippen molar-refractivity contribution in [2.45, 2.75) is 19.3 Å². The smallest absolute Gasteiger partial charge is 0.252 e. The van der Waals surface area contributed by atoms with Crippen LogP contribution in [0.25, 0.3) is 118 Å². The van der Waals surface area contributed by atoms with Crippen molar-refractivity contribution in [2.75, 3.05) is 9.80 Å². The topological polar surface area (TPSA) is 63.0 Å². The molecular weight excluding hydrogens is 1180 g/mol. The number of hydrogen-bond acceptors (Lipinski definition) is 6. The van der Waals surface area contributed by atoms with E-state index in [0.717, 1.165) is 107 Å². The van der Waals surface area contributed by atoms with Gasteiger partial charge in [0.1, 0.15) is 0 Å². The molecule has 2 aliphatic heterocycles. The lowest BCUT2D eigenvalue weighted by Crippen LogP contribution is -2.61. The highest BCUT2D eigenvalue weighted by Crippen LogP contribution is 2.52. The standard InChI is InChI=1S/C89H60BN7/c1-89(2)71-38-20-18-36-66(71)68-53-69-67-37-19-23-41-79(67)97(83(69)54-72(68)89)80-49-48-62(77-55-75(58-26-8-3-9-27-58)91-87(93-77)60-30-12-5-13-31-60)50-70(80)78-56-76(59-28-10-4-11-29-59)92-88(94-78)61-46-44-57(45-47-61)63-51-84-86-85(52-63)96(65-34-16-7-17-35-65)82-43-25-22-40-74(82)90(86)73-39-21-24-42-81(73)95(84)64-32-14-6-15-33-64/h3-56H,1-2H3. The maximum absolute atomic E-state index is 5.77. The van der Waals surface area contributed by atoms with Crippen LogP contribution in [0.2, 0.25) is 0 Å². The second kappa shape index (κ2) is 22.3. The molecule has 19 rings (SSSR count). The number of para-hydroxylation sites is 5. The molecule has 0 saturated carbocycles. The van der Waals surface area contributed by atoms with Crippen LogP contribution in [0.5, 0.6) is 0 Å². The molecule has 16 aromatic rings. The number of fused-ring (bicyclic) bond motifs is 10. The number of nitrogens with zero attached hydrogens (tertiary/aromatic N) is 7. The van der Waals surface area contributed by atoms with Crippen molar-refractivity contribution >= 4 is 79.0 Å². The first-order valence-electron chi connectivity index (χ1n) is 33.3. The van der Waals surface area contributed by atoms with Crippen molar-refractivity contribution in [1.82, 2.24) is 24.5 Å². The maximum atomic E-state index is 5.77. The summed E-state index contributed by atoms with van der Waals surface area (Å²) in [6, 6.07) is 118. The summed E-state index contributed by atoms with van der Waals surface area (Å²) in [5.41, 5.74) is 30.0. The van der Waals surface area contributed by atoms with Crippen molar-refractivity contribution in [3.8, 4) is 95.7 Å². The van der Waals surface area contributed by atoms with Gasteiger partial charge in [-0.1, -0.05) is 250 Å². The van der Waals surface area contributed by atoms with Gasteiger partial charge in [-0.15, -0.1) is 0 Å². The molecule has 0 unspecified atom stereocenters. The van der Waals surface area contributed by atoms with Crippen LogP contribution in [-0.2, 0) is 5.41 Å². The molecule has 0 atom stereocenters. The van der Waals surface area contributed by atoms with Crippen LogP contribution >= 0.6 is 0 Å². The van der Waals surface area contributed by atoms with Gasteiger partial charge in [-0.2, -0.15) is 0 Å². The van der Waals surface area contributed by atoms with Gasteiger partial charge in [0.15, 0.2) is 11.6 Å². The van der Waals surface area contributed by atoms with Crippen LogP contribution in [0.15, 0.2) is 328 Å². The molecule has 0 radical (unpaired) electrons. The Bertz CT molecular complexity index is 5630. The van der Waals surface area contributed by atoms with E-state index in [1.165, 1.54) is 60.8 Å². The fourth-order valence-corrected chi connectivity index (χ4v) is 15.6. The van der Waals surface area contributed by atoms with Crippen molar-refractivity contribution in [2.24, 2.45) is 0 Å². The highest BCUT2D eigenvalue weighted by Gasteiger charge is 2.44. The predicted octanol–water partition coefficient (Wildman–Crippen LogP) is 20.4. The lowest BCUT2D eigenvalue weighted by molar-refractivity contribution is 0.661. The van der Waals surface area contributed by atoms with Crippen molar-refractivity contribution in [3.63, 3.8) is 0 Å². The lowest BCUT2D eigenvalue weighted by atomic mass is 9.33. The van der Waals surface area contributed by atoms with Gasteiger partial charge in [0.2, 0.25) is 0 Å². The summed E-state index contributed by atoms with van der Waals surface area (Å²) < 4.78 is 2.47. The van der Waals surface area contributed by atoms with E-state index in [9.17, 15) is 0 Å². The monoisotopic (exact) mass is 1240 g/mol. The van der Waals surface area contributed by atoms with E-state index in [1.807, 2.05) is 24.3 Å². The Labute approximate surface area is 563 Å². The van der Waals surface area contributed by atoms with Crippen molar-refractivity contribution < 1.29 is 0 Å². The van der Waals surface area contributed by atoms with Crippen LogP contribution in [-0.4, -0.2) is 31.2 Å². The molecule has 454 valence electrons. The molecule has 3 aliphatic rings. The minimum atomic E-state index is -0.224. The summed E-state index contributed by atoms with van der Waals surface area (Å²) in [7, 11) is 0. The van der Waals surface area contributed by atoms with E-state index in [2.05, 4.69) is 332 Å². The fraction of sp³-hybridized carbons (Fsp3) is 0.0337. The molecule has 8 heteroatoms. The first-order valence-corrected chi connectivity index (χ1v) is 33.3. The van der Waals surface area contributed by atoms with E-state index in [1.54, 1.807) is 0 Å². The zero-order valence-electron chi connectivity index (χ0n) is 53.4. The van der Waals surface area contributed by atoms with Gasteiger partial charge in [0.25, 0.3) is 6.71 Å². The van der Waals surface area contributed by atoms with Gasteiger partial charge in [-0.05, 0) is 141 Å². The number of hydrogen-bond donors (Lipinski definition) is 0. The van der Waals surface area contributed by atoms with Gasteiger partial charge in [-0.25, -0.2) is 19.9 Å². The van der Waals surface area contributed by atoms with Crippen LogP contribution in [0.3, 0.4) is 0 Å². The third-order valence-electron chi connectivity index (χ3n) is 20.2. The summed E-state index contributed by atoms with van der Waals surface area (Å²) in [5.74, 6) is 1.26. The fourth-order valence-electron chi connectivity index (χ4n) is 15.6. The molecule has 5 heterocycles. The highest BCUT2D eigenvalue weighted by atomic mass is 15.2. The van der Waals surface area contributed by atoms with Gasteiger partial charge in [0.05, 0.1) is 39.5 Å². The Hall–Kier alpha value is -12.5. The Balaban J connectivity index is 0.820. The molecule has 97 heavy (non-hydrogen) atoms. The molecule has 7 nitrogen and oxygen atoms in total. The molecule has 1 aliphatic carbocycles. The highest BCUT2D eigenvalue weighted by molar-refractivity contribution is 7.00. The van der Waals surface area contributed by atoms with Crippen LogP contribution < -0.4 is 26.2 Å². The molecule has 13 aromatic carbocycles. The quantitative estimate of drug-likeness (QED) is 0.127. The Kier molecular flexibility index (Phi) is 12.9. The SMILES string of the molecule is CC1(C)c2ccccc2-c2cc3c4ccccc4n(-c4ccc(-c5cc(-c6ccccc6)nc(-c6ccccc6)n5)cc4-c4cc(-c5ccccc5)nc(-c5ccc(-c6cc7c8c(c6)N(c6ccccc6)c6ccccc6B8c6ccccc6N7c6ccccc6)cc5)n4)c3cc21. The van der Waals surface area contributed by atoms with Crippen LogP contribution in [0, 0.1) is 0 Å². The summed E-state index contributed by atoms with van der Waals surface area (Å²) in [6.45, 7) is 4.74. The Morgan fingerprint density at radius 1 is 0.278 bits per heavy atom. The Morgan fingerprint density at radius 3 is 1.35 bits per heavy atom. The first kappa shape index (κ1) is 56.1. The zero-order valence-corrected chi connectivity index (χ0v) is 53.4. The minimum absolute atomic E-state index is 0.0124. The van der Waals surface area contributed by atoms with Crippen molar-refractivity contribution in [1.29, 1.82) is 0 Å². The summed E-state index contributed by atoms with van der Waals surface area (Å²) >= 11 is 0. The maximum Gasteiger partial charge on any atom is 0.252 e. The number of aromatic nitrogens is 5. The third-order valence-corrected chi connectivity index (χ3v) is 20.2. The largest absolute Gasteiger partial charge is 0.311 e. The average Bonchev–Trinajstić information content (AvgIpc) is 1.59. The molecule has 0 saturated heterocycles. The summed E-state index contributed by atoms with van der Waals surface area (Å²) in [4.78, 5) is 26.8. The van der Waals surface area contributed by atoms with Crippen LogP contribution in [0.1, 0.15) is 25.0 Å². The molecule has 0 fully saturated rings. The molecule has 3 aromatic heterocycles. The van der Waals surface area contributed by atoms with E-state index in [-0.39, 0.29) is 12.1 Å². The Morgan fingerprint density at radius 2 is 0.742 bits per heavy atom. The summed E-state index contributed by atoms with van der Waals surface area (Å²) in [5, 5.41) is 2.37. The van der Waals surface area contributed by atoms with Gasteiger partial charge in [-0.3, -0.25) is 0 Å². The third kappa shape index (κ3) is 9.12. The molecule has 0 bridgehead atoms. The second-order valence-corrected chi connectivity index (χ2v) is 26.1. The average molecular weight is 1240 g/mol. The number of benzene rings is 13. The number of anilines is 6. The molecule has 0 amide bonds. The van der Waals surface area contributed by atoms with E-state index in [0.29, 0.717) is 11.6 Å². The van der Waals surface area contributed by atoms with Gasteiger partial charge >= 0.3 is 0 Å². The second-order valence-electron chi connectivity index (χ2n) is 26.1. The minimum Gasteiger partial charge on any atom is -0.311 e. The van der Waals surface area contributed by atoms with Gasteiger partial charge < -0.3 is 14.4 Å². The van der Waals surface area contributed by atoms with E-state index >= 15 is 0 Å². The molecular formula is C89H60BN7. The molecule has 0 N–H and O–H groups in total.